The maximum Gasteiger partial charge on any atom is 0.244 e. The quantitative estimate of drug-likeness (QED) is 0.692. The number of aliphatic hydroxyl groups excluding tert-OH is 1. The summed E-state index contributed by atoms with van der Waals surface area (Å²) in [5.41, 5.74) is 3.89. The fourth-order valence-corrected chi connectivity index (χ4v) is 3.28. The molecule has 0 radical (unpaired) electrons. The van der Waals surface area contributed by atoms with E-state index in [2.05, 4.69) is 4.72 Å². The fourth-order valence-electron chi connectivity index (χ4n) is 1.68. The molecule has 0 aliphatic carbocycles. The molecule has 1 unspecified atom stereocenters. The second-order valence-electron chi connectivity index (χ2n) is 4.80. The first-order valence-electron chi connectivity index (χ1n) is 6.04. The van der Waals surface area contributed by atoms with Gasteiger partial charge in [-0.15, -0.1) is 0 Å². The molecule has 20 heavy (non-hydrogen) atoms. The normalized spacial score (nSPS) is 15.1. The largest absolute Gasteiger partial charge is 0.396 e. The summed E-state index contributed by atoms with van der Waals surface area (Å²) in [6, 6.07) is 1.17. The molecule has 0 spiro atoms. The Bertz CT molecular complexity index is 593. The lowest BCUT2D eigenvalue weighted by molar-refractivity contribution is 0.233. The Morgan fingerprint density at radius 3 is 2.45 bits per heavy atom. The number of benzene rings is 1. The van der Waals surface area contributed by atoms with Gasteiger partial charge in [0.05, 0.1) is 5.69 Å². The third-order valence-corrected chi connectivity index (χ3v) is 4.82. The number of hydrogen-bond acceptors (Lipinski definition) is 4. The Balaban J connectivity index is 3.21. The van der Waals surface area contributed by atoms with Crippen molar-refractivity contribution in [3.63, 3.8) is 0 Å². The van der Waals surface area contributed by atoms with Crippen LogP contribution in [0.4, 0.5) is 14.5 Å². The van der Waals surface area contributed by atoms with Crippen LogP contribution in [0.25, 0.3) is 0 Å². The minimum Gasteiger partial charge on any atom is -0.396 e. The molecule has 0 amide bonds. The van der Waals surface area contributed by atoms with Gasteiger partial charge < -0.3 is 10.8 Å². The molecule has 8 heteroatoms. The molecule has 1 atom stereocenters. The van der Waals surface area contributed by atoms with Crippen molar-refractivity contribution in [2.45, 2.75) is 37.1 Å². The molecule has 0 saturated heterocycles. The van der Waals surface area contributed by atoms with Gasteiger partial charge in [-0.05, 0) is 25.8 Å². The summed E-state index contributed by atoms with van der Waals surface area (Å²) >= 11 is 0. The number of sulfonamides is 1. The lowest BCUT2D eigenvalue weighted by Crippen LogP contribution is -2.46. The second kappa shape index (κ2) is 6.02. The SMILES string of the molecule is CCC(C)(CCO)NS(=O)(=O)c1cc(N)c(F)cc1F. The Kier molecular flexibility index (Phi) is 5.06. The van der Waals surface area contributed by atoms with Crippen LogP contribution in [0.1, 0.15) is 26.7 Å². The standard InChI is InChI=1S/C12H18F2N2O3S/c1-3-12(2,4-5-17)16-20(18,19)11-7-10(15)8(13)6-9(11)14/h6-7,16-17H,3-5,15H2,1-2H3. The first-order valence-corrected chi connectivity index (χ1v) is 7.53. The van der Waals surface area contributed by atoms with Gasteiger partial charge in [-0.1, -0.05) is 6.92 Å². The minimum atomic E-state index is -4.20. The topological polar surface area (TPSA) is 92.4 Å². The van der Waals surface area contributed by atoms with E-state index in [1.54, 1.807) is 13.8 Å². The molecule has 0 aliphatic rings. The molecule has 5 nitrogen and oxygen atoms in total. The molecule has 1 aromatic carbocycles. The van der Waals surface area contributed by atoms with Gasteiger partial charge in [0, 0.05) is 18.2 Å². The van der Waals surface area contributed by atoms with Crippen LogP contribution in [-0.2, 0) is 10.0 Å². The Labute approximate surface area is 116 Å². The lowest BCUT2D eigenvalue weighted by Gasteiger charge is -2.28. The number of aliphatic hydroxyl groups is 1. The van der Waals surface area contributed by atoms with Gasteiger partial charge >= 0.3 is 0 Å². The van der Waals surface area contributed by atoms with E-state index in [1.165, 1.54) is 0 Å². The van der Waals surface area contributed by atoms with Crippen LogP contribution in [0.15, 0.2) is 17.0 Å². The van der Waals surface area contributed by atoms with Crippen LogP contribution in [0.3, 0.4) is 0 Å². The monoisotopic (exact) mass is 308 g/mol. The molecule has 1 aromatic rings. The average molecular weight is 308 g/mol. The van der Waals surface area contributed by atoms with E-state index in [0.29, 0.717) is 12.5 Å². The number of hydrogen-bond donors (Lipinski definition) is 3. The summed E-state index contributed by atoms with van der Waals surface area (Å²) < 4.78 is 53.3. The predicted octanol–water partition coefficient (Wildman–Crippen LogP) is 1.38. The number of nitrogens with two attached hydrogens (primary N) is 1. The van der Waals surface area contributed by atoms with Crippen LogP contribution in [0, 0.1) is 11.6 Å². The van der Waals surface area contributed by atoms with Gasteiger partial charge in [0.25, 0.3) is 0 Å². The van der Waals surface area contributed by atoms with Crippen molar-refractivity contribution in [3.05, 3.63) is 23.8 Å². The van der Waals surface area contributed by atoms with Gasteiger partial charge in [0.15, 0.2) is 0 Å². The average Bonchev–Trinajstić information content (AvgIpc) is 2.33. The van der Waals surface area contributed by atoms with E-state index >= 15 is 0 Å². The number of halogens is 2. The van der Waals surface area contributed by atoms with Crippen LogP contribution < -0.4 is 10.5 Å². The van der Waals surface area contributed by atoms with Crippen molar-refractivity contribution >= 4 is 15.7 Å². The number of rotatable bonds is 6. The zero-order chi connectivity index (χ0) is 15.6. The highest BCUT2D eigenvalue weighted by Gasteiger charge is 2.30. The van der Waals surface area contributed by atoms with E-state index in [9.17, 15) is 17.2 Å². The summed E-state index contributed by atoms with van der Waals surface area (Å²) in [7, 11) is -4.20. The second-order valence-corrected chi connectivity index (χ2v) is 6.45. The summed E-state index contributed by atoms with van der Waals surface area (Å²) in [5.74, 6) is -2.23. The van der Waals surface area contributed by atoms with Crippen molar-refractivity contribution < 1.29 is 22.3 Å². The molecule has 114 valence electrons. The Morgan fingerprint density at radius 2 is 1.95 bits per heavy atom. The van der Waals surface area contributed by atoms with E-state index in [0.717, 1.165) is 6.07 Å². The molecular formula is C12H18F2N2O3S. The summed E-state index contributed by atoms with van der Waals surface area (Å²) in [4.78, 5) is -0.714. The van der Waals surface area contributed by atoms with Crippen LogP contribution in [-0.4, -0.2) is 25.7 Å². The maximum absolute atomic E-state index is 13.6. The molecule has 0 bridgehead atoms. The van der Waals surface area contributed by atoms with E-state index in [4.69, 9.17) is 10.8 Å². The highest BCUT2D eigenvalue weighted by atomic mass is 32.2. The summed E-state index contributed by atoms with van der Waals surface area (Å²) in [6.07, 6.45) is 0.562. The van der Waals surface area contributed by atoms with Gasteiger partial charge in [-0.3, -0.25) is 0 Å². The van der Waals surface area contributed by atoms with Crippen LogP contribution >= 0.6 is 0 Å². The zero-order valence-electron chi connectivity index (χ0n) is 11.3. The number of nitrogen functional groups attached to an aromatic ring is 1. The smallest absolute Gasteiger partial charge is 0.244 e. The van der Waals surface area contributed by atoms with E-state index in [-0.39, 0.29) is 13.0 Å². The highest BCUT2D eigenvalue weighted by Crippen LogP contribution is 2.24. The first kappa shape index (κ1) is 16.8. The molecule has 0 saturated carbocycles. The summed E-state index contributed by atoms with van der Waals surface area (Å²) in [6.45, 7) is 3.10. The molecule has 0 aromatic heterocycles. The highest BCUT2D eigenvalue weighted by molar-refractivity contribution is 7.89. The van der Waals surface area contributed by atoms with E-state index in [1.807, 2.05) is 0 Å². The van der Waals surface area contributed by atoms with Gasteiger partial charge in [0.2, 0.25) is 10.0 Å². The zero-order valence-corrected chi connectivity index (χ0v) is 12.1. The van der Waals surface area contributed by atoms with Gasteiger partial charge in [-0.25, -0.2) is 21.9 Å². The van der Waals surface area contributed by atoms with Crippen molar-refractivity contribution in [2.24, 2.45) is 0 Å². The molecular weight excluding hydrogens is 290 g/mol. The molecule has 1 rings (SSSR count). The van der Waals surface area contributed by atoms with Crippen LogP contribution in [0.5, 0.6) is 0 Å². The van der Waals surface area contributed by atoms with Crippen molar-refractivity contribution in [1.29, 1.82) is 0 Å². The fraction of sp³-hybridized carbons (Fsp3) is 0.500. The molecule has 0 aliphatic heterocycles. The third-order valence-electron chi connectivity index (χ3n) is 3.17. The van der Waals surface area contributed by atoms with E-state index < -0.39 is 37.8 Å². The van der Waals surface area contributed by atoms with Gasteiger partial charge in [0.1, 0.15) is 16.5 Å². The van der Waals surface area contributed by atoms with Crippen LogP contribution in [0.2, 0.25) is 0 Å². The molecule has 4 N–H and O–H groups in total. The lowest BCUT2D eigenvalue weighted by atomic mass is 9.97. The van der Waals surface area contributed by atoms with Crippen molar-refractivity contribution in [3.8, 4) is 0 Å². The Morgan fingerprint density at radius 1 is 1.35 bits per heavy atom. The summed E-state index contributed by atoms with van der Waals surface area (Å²) in [5, 5.41) is 8.96. The third kappa shape index (κ3) is 3.65. The van der Waals surface area contributed by atoms with Crippen molar-refractivity contribution in [1.82, 2.24) is 4.72 Å². The number of anilines is 1. The maximum atomic E-state index is 13.6. The Hall–Kier alpha value is -1.25. The first-order chi connectivity index (χ1) is 9.15. The van der Waals surface area contributed by atoms with Crippen molar-refractivity contribution in [2.75, 3.05) is 12.3 Å². The van der Waals surface area contributed by atoms with Gasteiger partial charge in [-0.2, -0.15) is 0 Å². The molecule has 0 heterocycles. The molecule has 0 fully saturated rings. The predicted molar refractivity (Wildman–Crippen MR) is 71.5 cm³/mol. The number of nitrogens with one attached hydrogen (secondary N) is 1. The minimum absolute atomic E-state index is 0.168.